The third-order valence-electron chi connectivity index (χ3n) is 7.35. The van der Waals surface area contributed by atoms with Crippen LogP contribution in [0.15, 0.2) is 52.0 Å². The molecule has 2 amide bonds. The van der Waals surface area contributed by atoms with Gasteiger partial charge >= 0.3 is 18.4 Å². The van der Waals surface area contributed by atoms with Gasteiger partial charge in [0.1, 0.15) is 17.2 Å². The number of aliphatic imine (C=N–C) groups is 1. The first-order valence-electron chi connectivity index (χ1n) is 13.7. The average molecular weight is 586 g/mol. The zero-order chi connectivity index (χ0) is 30.0. The molecule has 0 spiro atoms. The molecule has 1 N–H and O–H groups in total. The maximum atomic E-state index is 13.1. The molecule has 1 aliphatic carbocycles. The maximum absolute atomic E-state index is 13.1. The van der Waals surface area contributed by atoms with Crippen molar-refractivity contribution >= 4 is 17.7 Å². The lowest BCUT2D eigenvalue weighted by Gasteiger charge is -2.20. The van der Waals surface area contributed by atoms with E-state index < -0.39 is 30.2 Å². The van der Waals surface area contributed by atoms with Crippen molar-refractivity contribution in [1.82, 2.24) is 10.1 Å². The second-order valence-corrected chi connectivity index (χ2v) is 10.3. The van der Waals surface area contributed by atoms with Crippen LogP contribution in [0.1, 0.15) is 78.3 Å². The lowest BCUT2D eigenvalue weighted by molar-refractivity contribution is -0.274. The number of halogens is 3. The SMILES string of the molecule is CC/C(=N\C(=O)N1Cc2ccc(C(=O)O)cc2C1)C(CC)OCc1c(-c2ccccc2OC(F)(F)F)noc1C1CC1. The number of alkyl halides is 3. The number of carboxylic acid groups (broad SMARTS) is 1. The standard InChI is InChI=1S/C30H30F3N3O6/c1-3-23(34-29(39)36-14-19-12-11-18(28(37)38)13-20(19)15-36)24(4-2)40-16-22-26(35-42-27(22)17-9-10-17)21-7-5-6-8-25(21)41-30(31,32)33/h5-8,11-13,17,24H,3-4,9-10,14-16H2,1-2H3,(H,37,38)/b34-23+. The molecule has 2 heterocycles. The highest BCUT2D eigenvalue weighted by Gasteiger charge is 2.36. The quantitative estimate of drug-likeness (QED) is 0.253. The molecule has 222 valence electrons. The van der Waals surface area contributed by atoms with E-state index >= 15 is 0 Å². The number of ether oxygens (including phenoxy) is 2. The summed E-state index contributed by atoms with van der Waals surface area (Å²) < 4.78 is 55.4. The molecule has 1 saturated carbocycles. The minimum Gasteiger partial charge on any atom is -0.478 e. The third-order valence-corrected chi connectivity index (χ3v) is 7.35. The van der Waals surface area contributed by atoms with Gasteiger partial charge < -0.3 is 24.0 Å². The van der Waals surface area contributed by atoms with E-state index in [4.69, 9.17) is 9.26 Å². The Morgan fingerprint density at radius 2 is 1.88 bits per heavy atom. The van der Waals surface area contributed by atoms with E-state index in [2.05, 4.69) is 14.9 Å². The van der Waals surface area contributed by atoms with E-state index in [0.29, 0.717) is 36.4 Å². The summed E-state index contributed by atoms with van der Waals surface area (Å²) in [5, 5.41) is 13.4. The predicted octanol–water partition coefficient (Wildman–Crippen LogP) is 7.10. The van der Waals surface area contributed by atoms with Crippen LogP contribution in [0.3, 0.4) is 0 Å². The predicted molar refractivity (Wildman–Crippen MR) is 145 cm³/mol. The van der Waals surface area contributed by atoms with Gasteiger partial charge in [0.05, 0.1) is 24.0 Å². The largest absolute Gasteiger partial charge is 0.573 e. The molecule has 42 heavy (non-hydrogen) atoms. The van der Waals surface area contributed by atoms with E-state index in [-0.39, 0.29) is 35.9 Å². The van der Waals surface area contributed by atoms with Crippen LogP contribution in [0.25, 0.3) is 11.3 Å². The number of urea groups is 1. The molecular weight excluding hydrogens is 555 g/mol. The van der Waals surface area contributed by atoms with Gasteiger partial charge in [-0.1, -0.05) is 37.2 Å². The summed E-state index contributed by atoms with van der Waals surface area (Å²) in [5.41, 5.74) is 3.21. The number of fused-ring (bicyclic) bond motifs is 1. The highest BCUT2D eigenvalue weighted by atomic mass is 19.4. The van der Waals surface area contributed by atoms with Crippen molar-refractivity contribution in [3.05, 3.63) is 70.5 Å². The smallest absolute Gasteiger partial charge is 0.478 e. The Bertz CT molecular complexity index is 1510. The van der Waals surface area contributed by atoms with Crippen LogP contribution in [0.5, 0.6) is 5.75 Å². The monoisotopic (exact) mass is 585 g/mol. The first-order chi connectivity index (χ1) is 20.1. The number of hydrogen-bond donors (Lipinski definition) is 1. The summed E-state index contributed by atoms with van der Waals surface area (Å²) in [7, 11) is 0. The van der Waals surface area contributed by atoms with Crippen LogP contribution < -0.4 is 4.74 Å². The number of amides is 2. The highest BCUT2D eigenvalue weighted by molar-refractivity contribution is 5.97. The molecule has 0 radical (unpaired) electrons. The number of carbonyl (C=O) groups excluding carboxylic acids is 1. The molecule has 0 saturated heterocycles. The Balaban J connectivity index is 1.34. The fraction of sp³-hybridized carbons (Fsp3) is 0.400. The highest BCUT2D eigenvalue weighted by Crippen LogP contribution is 2.45. The number of aromatic carboxylic acids is 1. The molecule has 0 bridgehead atoms. The molecule has 2 aromatic carbocycles. The first kappa shape index (κ1) is 29.3. The molecule has 1 atom stereocenters. The van der Waals surface area contributed by atoms with E-state index in [1.165, 1.54) is 24.3 Å². The summed E-state index contributed by atoms with van der Waals surface area (Å²) in [6.45, 7) is 4.31. The van der Waals surface area contributed by atoms with Gasteiger partial charge in [-0.05, 0) is 61.1 Å². The van der Waals surface area contributed by atoms with Gasteiger partial charge in [-0.15, -0.1) is 13.2 Å². The van der Waals surface area contributed by atoms with Gasteiger partial charge in [-0.2, -0.15) is 0 Å². The minimum absolute atomic E-state index is 0.0101. The summed E-state index contributed by atoms with van der Waals surface area (Å²) >= 11 is 0. The molecule has 9 nitrogen and oxygen atoms in total. The van der Waals surface area contributed by atoms with Crippen molar-refractivity contribution in [3.8, 4) is 17.0 Å². The Morgan fingerprint density at radius 1 is 1.14 bits per heavy atom. The van der Waals surface area contributed by atoms with E-state index in [0.717, 1.165) is 24.0 Å². The van der Waals surface area contributed by atoms with Gasteiger partial charge in [0.2, 0.25) is 0 Å². The van der Waals surface area contributed by atoms with Gasteiger partial charge in [0.25, 0.3) is 0 Å². The van der Waals surface area contributed by atoms with Crippen LogP contribution in [-0.4, -0.2) is 45.3 Å². The molecule has 1 aliphatic heterocycles. The fourth-order valence-electron chi connectivity index (χ4n) is 5.08. The molecule has 1 aromatic heterocycles. The van der Waals surface area contributed by atoms with Gasteiger partial charge in [0, 0.05) is 30.1 Å². The molecule has 3 aromatic rings. The van der Waals surface area contributed by atoms with E-state index in [1.807, 2.05) is 13.8 Å². The molecule has 1 fully saturated rings. The molecular formula is C30H30F3N3O6. The summed E-state index contributed by atoms with van der Waals surface area (Å²) in [6, 6.07) is 10.1. The van der Waals surface area contributed by atoms with Crippen molar-refractivity contribution in [2.24, 2.45) is 4.99 Å². The lowest BCUT2D eigenvalue weighted by atomic mass is 10.0. The van der Waals surface area contributed by atoms with Crippen LogP contribution in [-0.2, 0) is 24.4 Å². The van der Waals surface area contributed by atoms with Crippen molar-refractivity contribution in [3.63, 3.8) is 0 Å². The van der Waals surface area contributed by atoms with Crippen molar-refractivity contribution in [2.75, 3.05) is 0 Å². The average Bonchev–Trinajstić information content (AvgIpc) is 3.56. The summed E-state index contributed by atoms with van der Waals surface area (Å²) in [4.78, 5) is 30.4. The Labute approximate surface area is 239 Å². The first-order valence-corrected chi connectivity index (χ1v) is 13.7. The zero-order valence-electron chi connectivity index (χ0n) is 23.1. The fourth-order valence-corrected chi connectivity index (χ4v) is 5.08. The number of hydrogen-bond acceptors (Lipinski definition) is 6. The second-order valence-electron chi connectivity index (χ2n) is 10.3. The van der Waals surface area contributed by atoms with Crippen molar-refractivity contribution < 1.29 is 41.9 Å². The maximum Gasteiger partial charge on any atom is 0.573 e. The molecule has 5 rings (SSSR count). The van der Waals surface area contributed by atoms with Crippen molar-refractivity contribution in [2.45, 2.75) is 77.6 Å². The van der Waals surface area contributed by atoms with Crippen LogP contribution in [0.2, 0.25) is 0 Å². The number of carbonyl (C=O) groups is 2. The Morgan fingerprint density at radius 3 is 2.55 bits per heavy atom. The number of benzene rings is 2. The van der Waals surface area contributed by atoms with Crippen LogP contribution in [0.4, 0.5) is 18.0 Å². The second kappa shape index (κ2) is 12.0. The molecule has 2 aliphatic rings. The van der Waals surface area contributed by atoms with Crippen molar-refractivity contribution in [1.29, 1.82) is 0 Å². The topological polar surface area (TPSA) is 114 Å². The van der Waals surface area contributed by atoms with E-state index in [9.17, 15) is 27.9 Å². The number of nitrogens with zero attached hydrogens (tertiary/aromatic N) is 3. The minimum atomic E-state index is -4.88. The number of rotatable bonds is 10. The summed E-state index contributed by atoms with van der Waals surface area (Å²) in [5.74, 6) is -0.741. The molecule has 12 heteroatoms. The lowest BCUT2D eigenvalue weighted by Crippen LogP contribution is -2.28. The number of para-hydroxylation sites is 1. The van der Waals surface area contributed by atoms with Gasteiger partial charge in [-0.3, -0.25) is 0 Å². The molecule has 1 unspecified atom stereocenters. The summed E-state index contributed by atoms with van der Waals surface area (Å²) in [6.07, 6.45) is -2.74. The Kier molecular flexibility index (Phi) is 8.35. The number of aromatic nitrogens is 1. The van der Waals surface area contributed by atoms with Gasteiger partial charge in [-0.25, -0.2) is 14.6 Å². The van der Waals surface area contributed by atoms with Crippen LogP contribution >= 0.6 is 0 Å². The van der Waals surface area contributed by atoms with Crippen LogP contribution in [0, 0.1) is 0 Å². The Hall–Kier alpha value is -4.19. The normalized spacial score (nSPS) is 15.9. The third kappa shape index (κ3) is 6.48. The number of carboxylic acids is 1. The van der Waals surface area contributed by atoms with Gasteiger partial charge in [0.15, 0.2) is 0 Å². The van der Waals surface area contributed by atoms with E-state index in [1.54, 1.807) is 23.1 Å². The zero-order valence-corrected chi connectivity index (χ0v) is 23.1.